The fourth-order valence-corrected chi connectivity index (χ4v) is 2.07. The van der Waals surface area contributed by atoms with Gasteiger partial charge < -0.3 is 16.4 Å². The summed E-state index contributed by atoms with van der Waals surface area (Å²) in [4.78, 5) is 8.58. The second-order valence-electron chi connectivity index (χ2n) is 5.39. The number of nitriles is 1. The first-order valence-electron chi connectivity index (χ1n) is 7.10. The average molecular weight is 296 g/mol. The van der Waals surface area contributed by atoms with Gasteiger partial charge in [0.1, 0.15) is 11.9 Å². The quantitative estimate of drug-likeness (QED) is 0.783. The number of hydrogen-bond donors (Lipinski definition) is 3. The van der Waals surface area contributed by atoms with Gasteiger partial charge in [0.05, 0.1) is 17.6 Å². The van der Waals surface area contributed by atoms with Crippen molar-refractivity contribution in [2.75, 3.05) is 17.2 Å². The number of nitrogens with two attached hydrogens (primary N) is 1. The highest BCUT2D eigenvalue weighted by Gasteiger charge is 2.07. The van der Waals surface area contributed by atoms with E-state index in [1.807, 2.05) is 39.0 Å². The maximum absolute atomic E-state index is 9.20. The van der Waals surface area contributed by atoms with E-state index in [0.717, 1.165) is 16.9 Å². The molecule has 0 radical (unpaired) electrons. The molecule has 0 amide bonds. The van der Waals surface area contributed by atoms with Crippen LogP contribution in [0, 0.1) is 25.2 Å². The van der Waals surface area contributed by atoms with Crippen LogP contribution in [0.4, 0.5) is 17.2 Å². The number of rotatable bonds is 5. The summed E-state index contributed by atoms with van der Waals surface area (Å²) in [5, 5.41) is 15.6. The molecule has 114 valence electrons. The highest BCUT2D eigenvalue weighted by Crippen LogP contribution is 2.22. The van der Waals surface area contributed by atoms with Crippen molar-refractivity contribution in [3.63, 3.8) is 0 Å². The van der Waals surface area contributed by atoms with Crippen molar-refractivity contribution in [3.05, 3.63) is 41.3 Å². The zero-order valence-corrected chi connectivity index (χ0v) is 13.0. The van der Waals surface area contributed by atoms with Gasteiger partial charge in [0.25, 0.3) is 0 Å². The Bertz CT molecular complexity index is 682. The zero-order valence-electron chi connectivity index (χ0n) is 13.0. The van der Waals surface area contributed by atoms with Crippen LogP contribution in [0.3, 0.4) is 0 Å². The van der Waals surface area contributed by atoms with Gasteiger partial charge >= 0.3 is 0 Å². The van der Waals surface area contributed by atoms with E-state index in [9.17, 15) is 5.26 Å². The lowest BCUT2D eigenvalue weighted by molar-refractivity contribution is 0.780. The van der Waals surface area contributed by atoms with Gasteiger partial charge in [-0.15, -0.1) is 0 Å². The van der Waals surface area contributed by atoms with E-state index in [2.05, 4.69) is 26.7 Å². The maximum Gasteiger partial charge on any atom is 0.164 e. The van der Waals surface area contributed by atoms with Crippen LogP contribution in [-0.4, -0.2) is 22.6 Å². The molecule has 22 heavy (non-hydrogen) atoms. The van der Waals surface area contributed by atoms with E-state index in [0.29, 0.717) is 23.7 Å². The molecule has 0 bridgehead atoms. The summed E-state index contributed by atoms with van der Waals surface area (Å²) in [5.74, 6) is 0.695. The maximum atomic E-state index is 9.20. The van der Waals surface area contributed by atoms with Gasteiger partial charge in [-0.25, -0.2) is 9.97 Å². The standard InChI is InChI=1S/C16H20N6/c1-10-4-12(3)21-16(5-10)22-14-6-13(19-8-11(2)18)9-20-15(14)7-17/h4-6,9,11,19H,8,18H2,1-3H3,(H,21,22)/t11-/m0/s1. The minimum Gasteiger partial charge on any atom is -0.382 e. The number of pyridine rings is 2. The highest BCUT2D eigenvalue weighted by molar-refractivity contribution is 5.67. The van der Waals surface area contributed by atoms with E-state index >= 15 is 0 Å². The fourth-order valence-electron chi connectivity index (χ4n) is 2.07. The number of aromatic nitrogens is 2. The Morgan fingerprint density at radius 1 is 1.32 bits per heavy atom. The van der Waals surface area contributed by atoms with Crippen LogP contribution in [0.5, 0.6) is 0 Å². The molecule has 0 saturated carbocycles. The Hall–Kier alpha value is -2.65. The first-order chi connectivity index (χ1) is 10.5. The monoisotopic (exact) mass is 296 g/mol. The fraction of sp³-hybridized carbons (Fsp3) is 0.312. The minimum atomic E-state index is 0.0353. The normalized spacial score (nSPS) is 11.6. The molecule has 0 spiro atoms. The van der Waals surface area contributed by atoms with Crippen molar-refractivity contribution in [1.29, 1.82) is 5.26 Å². The molecule has 0 unspecified atom stereocenters. The molecule has 0 fully saturated rings. The Kier molecular flexibility index (Phi) is 4.92. The molecule has 2 aromatic rings. The van der Waals surface area contributed by atoms with Gasteiger partial charge in [-0.05, 0) is 44.5 Å². The van der Waals surface area contributed by atoms with Gasteiger partial charge in [0.15, 0.2) is 5.69 Å². The molecule has 6 nitrogen and oxygen atoms in total. The van der Waals surface area contributed by atoms with E-state index in [-0.39, 0.29) is 6.04 Å². The van der Waals surface area contributed by atoms with E-state index in [4.69, 9.17) is 5.73 Å². The topological polar surface area (TPSA) is 99.7 Å². The van der Waals surface area contributed by atoms with E-state index in [1.54, 1.807) is 6.20 Å². The summed E-state index contributed by atoms with van der Waals surface area (Å²) in [6, 6.07) is 7.88. The summed E-state index contributed by atoms with van der Waals surface area (Å²) in [5.41, 5.74) is 9.51. The third kappa shape index (κ3) is 4.17. The molecule has 2 rings (SSSR count). The number of nitrogens with zero attached hydrogens (tertiary/aromatic N) is 3. The molecule has 0 saturated heterocycles. The second-order valence-corrected chi connectivity index (χ2v) is 5.39. The summed E-state index contributed by atoms with van der Waals surface area (Å²) in [7, 11) is 0. The summed E-state index contributed by atoms with van der Waals surface area (Å²) in [6.07, 6.45) is 1.63. The van der Waals surface area contributed by atoms with Crippen molar-refractivity contribution >= 4 is 17.2 Å². The minimum absolute atomic E-state index is 0.0353. The van der Waals surface area contributed by atoms with Crippen molar-refractivity contribution in [1.82, 2.24) is 9.97 Å². The number of hydrogen-bond acceptors (Lipinski definition) is 6. The predicted octanol–water partition coefficient (Wildman–Crippen LogP) is 2.47. The summed E-state index contributed by atoms with van der Waals surface area (Å²) < 4.78 is 0. The molecule has 0 aromatic carbocycles. The number of aryl methyl sites for hydroxylation is 2. The van der Waals surface area contributed by atoms with Crippen LogP contribution in [0.1, 0.15) is 23.9 Å². The van der Waals surface area contributed by atoms with Crippen LogP contribution in [0.15, 0.2) is 24.4 Å². The Morgan fingerprint density at radius 3 is 2.73 bits per heavy atom. The average Bonchev–Trinajstić information content (AvgIpc) is 2.44. The van der Waals surface area contributed by atoms with Gasteiger partial charge in [-0.2, -0.15) is 5.26 Å². The van der Waals surface area contributed by atoms with Crippen LogP contribution in [0.2, 0.25) is 0 Å². The van der Waals surface area contributed by atoms with Gasteiger partial charge in [-0.1, -0.05) is 0 Å². The molecule has 0 aliphatic heterocycles. The van der Waals surface area contributed by atoms with Crippen molar-refractivity contribution in [2.24, 2.45) is 5.73 Å². The lowest BCUT2D eigenvalue weighted by atomic mass is 10.2. The Morgan fingerprint density at radius 2 is 2.09 bits per heavy atom. The number of nitrogens with one attached hydrogen (secondary N) is 2. The Labute approximate surface area is 130 Å². The Balaban J connectivity index is 2.27. The largest absolute Gasteiger partial charge is 0.382 e. The first kappa shape index (κ1) is 15.7. The molecule has 0 aliphatic carbocycles. The van der Waals surface area contributed by atoms with Gasteiger partial charge in [0, 0.05) is 18.3 Å². The molecular formula is C16H20N6. The third-order valence-electron chi connectivity index (χ3n) is 2.98. The first-order valence-corrected chi connectivity index (χ1v) is 7.10. The summed E-state index contributed by atoms with van der Waals surface area (Å²) >= 11 is 0. The van der Waals surface area contributed by atoms with Gasteiger partial charge in [0.2, 0.25) is 0 Å². The molecule has 6 heteroatoms. The van der Waals surface area contributed by atoms with E-state index < -0.39 is 0 Å². The van der Waals surface area contributed by atoms with Crippen molar-refractivity contribution in [2.45, 2.75) is 26.8 Å². The summed E-state index contributed by atoms with van der Waals surface area (Å²) in [6.45, 7) is 6.49. The lowest BCUT2D eigenvalue weighted by Gasteiger charge is -2.12. The molecule has 2 aromatic heterocycles. The third-order valence-corrected chi connectivity index (χ3v) is 2.98. The van der Waals surface area contributed by atoms with E-state index in [1.165, 1.54) is 0 Å². The molecule has 1 atom stereocenters. The van der Waals surface area contributed by atoms with Gasteiger partial charge in [-0.3, -0.25) is 0 Å². The zero-order chi connectivity index (χ0) is 16.1. The SMILES string of the molecule is Cc1cc(C)nc(Nc2cc(NC[C@H](C)N)cnc2C#N)c1. The lowest BCUT2D eigenvalue weighted by Crippen LogP contribution is -2.25. The van der Waals surface area contributed by atoms with Crippen LogP contribution >= 0.6 is 0 Å². The highest BCUT2D eigenvalue weighted by atomic mass is 15.0. The van der Waals surface area contributed by atoms with Crippen molar-refractivity contribution < 1.29 is 0 Å². The smallest absolute Gasteiger partial charge is 0.164 e. The van der Waals surface area contributed by atoms with Crippen LogP contribution < -0.4 is 16.4 Å². The number of anilines is 3. The molecule has 4 N–H and O–H groups in total. The molecule has 0 aliphatic rings. The predicted molar refractivity (Wildman–Crippen MR) is 88.1 cm³/mol. The van der Waals surface area contributed by atoms with Crippen LogP contribution in [-0.2, 0) is 0 Å². The van der Waals surface area contributed by atoms with Crippen molar-refractivity contribution in [3.8, 4) is 6.07 Å². The second kappa shape index (κ2) is 6.87. The molecule has 2 heterocycles. The van der Waals surface area contributed by atoms with Crippen LogP contribution in [0.25, 0.3) is 0 Å². The molecular weight excluding hydrogens is 276 g/mol.